The number of carbonyl (C=O) groups excluding carboxylic acids is 1. The second-order valence-electron chi connectivity index (χ2n) is 6.87. The number of hydrogen-bond donors (Lipinski definition) is 2. The summed E-state index contributed by atoms with van der Waals surface area (Å²) in [6.07, 6.45) is 2.81. The van der Waals surface area contributed by atoms with E-state index in [9.17, 15) is 9.90 Å². The van der Waals surface area contributed by atoms with Crippen molar-refractivity contribution in [2.24, 2.45) is 5.92 Å². The van der Waals surface area contributed by atoms with Crippen LogP contribution in [0.1, 0.15) is 36.9 Å². The van der Waals surface area contributed by atoms with Crippen LogP contribution < -0.4 is 5.32 Å². The Morgan fingerprint density at radius 3 is 2.42 bits per heavy atom. The Balaban J connectivity index is 1.90. The third-order valence-electron chi connectivity index (χ3n) is 5.00. The van der Waals surface area contributed by atoms with Gasteiger partial charge in [-0.15, -0.1) is 0 Å². The first-order valence-corrected chi connectivity index (χ1v) is 8.94. The van der Waals surface area contributed by atoms with E-state index in [1.54, 1.807) is 0 Å². The molecule has 1 heterocycles. The third kappa shape index (κ3) is 4.95. The lowest BCUT2D eigenvalue weighted by Gasteiger charge is -2.32. The number of carbonyl (C=O) groups is 1. The normalized spacial score (nSPS) is 17.1. The lowest BCUT2D eigenvalue weighted by atomic mass is 9.98. The molecule has 1 fully saturated rings. The van der Waals surface area contributed by atoms with Crippen LogP contribution in [0.3, 0.4) is 0 Å². The molecule has 5 nitrogen and oxygen atoms in total. The zero-order valence-corrected chi connectivity index (χ0v) is 15.2. The molecule has 0 saturated carbocycles. The first kappa shape index (κ1) is 18.7. The van der Waals surface area contributed by atoms with Crippen molar-refractivity contribution in [3.05, 3.63) is 35.4 Å². The summed E-state index contributed by atoms with van der Waals surface area (Å²) >= 11 is 0. The van der Waals surface area contributed by atoms with Gasteiger partial charge >= 0.3 is 6.03 Å². The predicted molar refractivity (Wildman–Crippen MR) is 97.0 cm³/mol. The maximum Gasteiger partial charge on any atom is 0.317 e. The molecule has 1 atom stereocenters. The van der Waals surface area contributed by atoms with E-state index in [4.69, 9.17) is 0 Å². The molecule has 0 aromatic heterocycles. The molecule has 1 aliphatic heterocycles. The zero-order valence-electron chi connectivity index (χ0n) is 15.2. The van der Waals surface area contributed by atoms with Gasteiger partial charge in [-0.05, 0) is 50.4 Å². The number of hydrogen-bond acceptors (Lipinski definition) is 3. The van der Waals surface area contributed by atoms with E-state index in [-0.39, 0.29) is 18.7 Å². The number of aliphatic hydroxyl groups is 1. The SMILES string of the molecule is CCc1ccc(C(CNC(=O)N2CCC(CO)CC2)N(C)C)cc1. The van der Waals surface area contributed by atoms with E-state index in [1.807, 2.05) is 19.0 Å². The highest BCUT2D eigenvalue weighted by atomic mass is 16.3. The number of aliphatic hydroxyl groups excluding tert-OH is 1. The first-order valence-electron chi connectivity index (χ1n) is 8.94. The number of nitrogens with zero attached hydrogens (tertiary/aromatic N) is 2. The Morgan fingerprint density at radius 2 is 1.92 bits per heavy atom. The second kappa shape index (κ2) is 9.04. The van der Waals surface area contributed by atoms with Crippen molar-refractivity contribution in [2.45, 2.75) is 32.2 Å². The molecule has 0 spiro atoms. The van der Waals surface area contributed by atoms with Crippen LogP contribution in [0.25, 0.3) is 0 Å². The second-order valence-corrected chi connectivity index (χ2v) is 6.87. The van der Waals surface area contributed by atoms with Crippen LogP contribution in [-0.4, -0.2) is 61.3 Å². The molecule has 0 aliphatic carbocycles. The summed E-state index contributed by atoms with van der Waals surface area (Å²) in [5.74, 6) is 0.348. The predicted octanol–water partition coefficient (Wildman–Crippen LogP) is 2.27. The number of benzene rings is 1. The van der Waals surface area contributed by atoms with Crippen LogP contribution in [0.15, 0.2) is 24.3 Å². The van der Waals surface area contributed by atoms with Crippen molar-refractivity contribution >= 4 is 6.03 Å². The highest BCUT2D eigenvalue weighted by molar-refractivity contribution is 5.74. The number of amides is 2. The molecular weight excluding hydrogens is 302 g/mol. The van der Waals surface area contributed by atoms with Gasteiger partial charge in [-0.2, -0.15) is 0 Å². The van der Waals surface area contributed by atoms with Crippen molar-refractivity contribution in [1.29, 1.82) is 0 Å². The molecule has 2 amide bonds. The number of aryl methyl sites for hydroxylation is 1. The van der Waals surface area contributed by atoms with Gasteiger partial charge in [0.1, 0.15) is 0 Å². The minimum Gasteiger partial charge on any atom is -0.396 e. The highest BCUT2D eigenvalue weighted by Crippen LogP contribution is 2.19. The van der Waals surface area contributed by atoms with Gasteiger partial charge in [0, 0.05) is 26.2 Å². The van der Waals surface area contributed by atoms with Crippen molar-refractivity contribution in [3.63, 3.8) is 0 Å². The van der Waals surface area contributed by atoms with E-state index in [0.717, 1.165) is 32.4 Å². The quantitative estimate of drug-likeness (QED) is 0.840. The topological polar surface area (TPSA) is 55.8 Å². The van der Waals surface area contributed by atoms with E-state index in [0.29, 0.717) is 12.5 Å². The maximum absolute atomic E-state index is 12.4. The lowest BCUT2D eigenvalue weighted by molar-refractivity contribution is 0.136. The van der Waals surface area contributed by atoms with E-state index >= 15 is 0 Å². The summed E-state index contributed by atoms with van der Waals surface area (Å²) in [7, 11) is 4.08. The van der Waals surface area contributed by atoms with Crippen LogP contribution >= 0.6 is 0 Å². The molecular formula is C19H31N3O2. The molecule has 2 rings (SSSR count). The Kier molecular flexibility index (Phi) is 7.06. The van der Waals surface area contributed by atoms with E-state index < -0.39 is 0 Å². The fourth-order valence-corrected chi connectivity index (χ4v) is 3.19. The molecule has 24 heavy (non-hydrogen) atoms. The summed E-state index contributed by atoms with van der Waals surface area (Å²) < 4.78 is 0. The first-order chi connectivity index (χ1) is 11.5. The maximum atomic E-state index is 12.4. The van der Waals surface area contributed by atoms with Crippen molar-refractivity contribution < 1.29 is 9.90 Å². The number of likely N-dealkylation sites (tertiary alicyclic amines) is 1. The van der Waals surface area contributed by atoms with Crippen molar-refractivity contribution in [1.82, 2.24) is 15.1 Å². The molecule has 134 valence electrons. The Morgan fingerprint density at radius 1 is 1.29 bits per heavy atom. The minimum absolute atomic E-state index is 0.00316. The molecule has 5 heteroatoms. The Bertz CT molecular complexity index is 508. The number of rotatable bonds is 6. The van der Waals surface area contributed by atoms with Crippen LogP contribution in [-0.2, 0) is 6.42 Å². The monoisotopic (exact) mass is 333 g/mol. The van der Waals surface area contributed by atoms with Crippen LogP contribution in [0.2, 0.25) is 0 Å². The summed E-state index contributed by atoms with van der Waals surface area (Å²) in [6, 6.07) is 8.80. The standard InChI is InChI=1S/C19H31N3O2/c1-4-15-5-7-17(8-6-15)18(21(2)3)13-20-19(24)22-11-9-16(14-23)10-12-22/h5-8,16,18,23H,4,9-14H2,1-3H3,(H,20,24). The molecule has 1 aromatic rings. The van der Waals surface area contributed by atoms with Crippen LogP contribution in [0.4, 0.5) is 4.79 Å². The summed E-state index contributed by atoms with van der Waals surface area (Å²) in [5, 5.41) is 12.3. The molecule has 1 saturated heterocycles. The van der Waals surface area contributed by atoms with Crippen molar-refractivity contribution in [2.75, 3.05) is 40.3 Å². The fourth-order valence-electron chi connectivity index (χ4n) is 3.19. The fraction of sp³-hybridized carbons (Fsp3) is 0.632. The average molecular weight is 333 g/mol. The average Bonchev–Trinajstić information content (AvgIpc) is 2.62. The number of piperidine rings is 1. The van der Waals surface area contributed by atoms with Gasteiger partial charge in [0.25, 0.3) is 0 Å². The molecule has 2 N–H and O–H groups in total. The van der Waals surface area contributed by atoms with Gasteiger partial charge < -0.3 is 20.2 Å². The van der Waals surface area contributed by atoms with Crippen molar-refractivity contribution in [3.8, 4) is 0 Å². The molecule has 1 aromatic carbocycles. The van der Waals surface area contributed by atoms with Gasteiger partial charge in [0.05, 0.1) is 6.04 Å². The Hall–Kier alpha value is -1.59. The number of urea groups is 1. The molecule has 1 unspecified atom stereocenters. The zero-order chi connectivity index (χ0) is 17.5. The van der Waals surface area contributed by atoms with Gasteiger partial charge in [-0.3, -0.25) is 0 Å². The Labute approximate surface area is 145 Å². The summed E-state index contributed by atoms with van der Waals surface area (Å²) in [6.45, 7) is 4.44. The van der Waals surface area contributed by atoms with Crippen LogP contribution in [0.5, 0.6) is 0 Å². The number of nitrogens with one attached hydrogen (secondary N) is 1. The molecule has 0 bridgehead atoms. The lowest BCUT2D eigenvalue weighted by Crippen LogP contribution is -2.46. The van der Waals surface area contributed by atoms with Gasteiger partial charge in [0.15, 0.2) is 0 Å². The third-order valence-corrected chi connectivity index (χ3v) is 5.00. The number of likely N-dealkylation sites (N-methyl/N-ethyl adjacent to an activating group) is 1. The summed E-state index contributed by atoms with van der Waals surface area (Å²) in [4.78, 5) is 16.4. The highest BCUT2D eigenvalue weighted by Gasteiger charge is 2.23. The molecule has 0 radical (unpaired) electrons. The smallest absolute Gasteiger partial charge is 0.317 e. The largest absolute Gasteiger partial charge is 0.396 e. The van der Waals surface area contributed by atoms with Gasteiger partial charge in [-0.25, -0.2) is 4.79 Å². The minimum atomic E-state index is 0.00316. The summed E-state index contributed by atoms with van der Waals surface area (Å²) in [5.41, 5.74) is 2.54. The van der Waals surface area contributed by atoms with Gasteiger partial charge in [-0.1, -0.05) is 31.2 Å². The molecule has 1 aliphatic rings. The van der Waals surface area contributed by atoms with E-state index in [2.05, 4.69) is 41.4 Å². The van der Waals surface area contributed by atoms with Crippen LogP contribution in [0, 0.1) is 5.92 Å². The van der Waals surface area contributed by atoms with E-state index in [1.165, 1.54) is 11.1 Å². The van der Waals surface area contributed by atoms with Gasteiger partial charge in [0.2, 0.25) is 0 Å².